The summed E-state index contributed by atoms with van der Waals surface area (Å²) in [5, 5.41) is 0.175. The maximum absolute atomic E-state index is 12.1. The number of fused-ring (bicyclic) bond motifs is 1. The van der Waals surface area contributed by atoms with Gasteiger partial charge >= 0.3 is 0 Å². The molecular weight excluding hydrogens is 276 g/mol. The normalized spacial score (nSPS) is 15.8. The highest BCUT2D eigenvalue weighted by Crippen LogP contribution is 2.38. The third kappa shape index (κ3) is 3.09. The van der Waals surface area contributed by atoms with Crippen LogP contribution in [0.15, 0.2) is 42.5 Å². The van der Waals surface area contributed by atoms with Crippen molar-refractivity contribution < 1.29 is 9.22 Å². The van der Waals surface area contributed by atoms with Gasteiger partial charge in [-0.1, -0.05) is 51.6 Å². The number of allylic oxidation sites excluding steroid dienone is 2. The number of Topliss-reactive ketones (excluding diaryl/α,β-unsaturated/α-hetero) is 1. The zero-order valence-electron chi connectivity index (χ0n) is 13.6. The second-order valence-corrected chi connectivity index (χ2v) is 11.9. The Labute approximate surface area is 128 Å². The first kappa shape index (κ1) is 15.9. The van der Waals surface area contributed by atoms with Crippen LogP contribution in [0.4, 0.5) is 0 Å². The van der Waals surface area contributed by atoms with Crippen LogP contribution in [0.25, 0.3) is 5.57 Å². The fourth-order valence-electron chi connectivity index (χ4n) is 2.08. The summed E-state index contributed by atoms with van der Waals surface area (Å²) in [6, 6.07) is 7.70. The quantitative estimate of drug-likeness (QED) is 0.589. The number of benzene rings is 1. The molecule has 0 fully saturated rings. The Morgan fingerprint density at radius 1 is 1.14 bits per heavy atom. The lowest BCUT2D eigenvalue weighted by Crippen LogP contribution is -2.41. The lowest BCUT2D eigenvalue weighted by atomic mass is 9.88. The monoisotopic (exact) mass is 300 g/mol. The van der Waals surface area contributed by atoms with Crippen LogP contribution >= 0.6 is 0 Å². The van der Waals surface area contributed by atoms with Crippen LogP contribution in [0.2, 0.25) is 18.1 Å². The van der Waals surface area contributed by atoms with Crippen molar-refractivity contribution in [1.82, 2.24) is 0 Å². The fourth-order valence-corrected chi connectivity index (χ4v) is 3.03. The highest BCUT2D eigenvalue weighted by atomic mass is 28.4. The van der Waals surface area contributed by atoms with Crippen molar-refractivity contribution in [3.8, 4) is 0 Å². The Morgan fingerprint density at radius 2 is 1.71 bits per heavy atom. The summed E-state index contributed by atoms with van der Waals surface area (Å²) in [4.78, 5) is 12.1. The molecule has 0 amide bonds. The molecule has 1 aliphatic rings. The van der Waals surface area contributed by atoms with E-state index >= 15 is 0 Å². The van der Waals surface area contributed by atoms with Gasteiger partial charge in [-0.2, -0.15) is 0 Å². The van der Waals surface area contributed by atoms with E-state index in [4.69, 9.17) is 4.43 Å². The topological polar surface area (TPSA) is 26.3 Å². The standard InChI is InChI=1S/C18H24O2Si/c1-13-11-14(12-20-21(5,6)18(2,3)4)15-9-7-8-10-16(15)17(13)19/h7-11H,1,12H2,2-6H3. The predicted molar refractivity (Wildman–Crippen MR) is 91.0 cm³/mol. The number of carbonyl (C=O) groups excluding carboxylic acids is 1. The van der Waals surface area contributed by atoms with Crippen molar-refractivity contribution in [3.05, 3.63) is 53.6 Å². The molecule has 2 nitrogen and oxygen atoms in total. The summed E-state index contributed by atoms with van der Waals surface area (Å²) < 4.78 is 6.29. The summed E-state index contributed by atoms with van der Waals surface area (Å²) in [6.07, 6.45) is 1.87. The molecule has 0 bridgehead atoms. The Kier molecular flexibility index (Phi) is 4.09. The van der Waals surface area contributed by atoms with Crippen LogP contribution in [0.5, 0.6) is 0 Å². The second kappa shape index (κ2) is 5.39. The molecule has 0 saturated carbocycles. The molecule has 21 heavy (non-hydrogen) atoms. The molecule has 1 aromatic rings. The molecule has 0 heterocycles. The van der Waals surface area contributed by atoms with Gasteiger partial charge in [0.1, 0.15) is 0 Å². The van der Waals surface area contributed by atoms with Gasteiger partial charge in [-0.25, -0.2) is 0 Å². The van der Waals surface area contributed by atoms with E-state index in [1.807, 2.05) is 30.3 Å². The molecule has 0 radical (unpaired) electrons. The van der Waals surface area contributed by atoms with Crippen molar-refractivity contribution in [2.45, 2.75) is 38.9 Å². The third-order valence-electron chi connectivity index (χ3n) is 4.55. The molecule has 1 aliphatic carbocycles. The van der Waals surface area contributed by atoms with Crippen molar-refractivity contribution in [2.24, 2.45) is 0 Å². The van der Waals surface area contributed by atoms with Gasteiger partial charge < -0.3 is 4.43 Å². The Bertz CT molecular complexity index is 618. The maximum Gasteiger partial charge on any atom is 0.193 e. The Balaban J connectivity index is 2.27. The number of rotatable bonds is 3. The van der Waals surface area contributed by atoms with E-state index in [1.54, 1.807) is 0 Å². The van der Waals surface area contributed by atoms with Gasteiger partial charge in [0.25, 0.3) is 0 Å². The summed E-state index contributed by atoms with van der Waals surface area (Å²) in [6.45, 7) is 15.6. The average Bonchev–Trinajstić information content (AvgIpc) is 2.40. The number of ketones is 1. The minimum absolute atomic E-state index is 0.0154. The largest absolute Gasteiger partial charge is 0.413 e. The van der Waals surface area contributed by atoms with Crippen molar-refractivity contribution in [3.63, 3.8) is 0 Å². The molecule has 112 valence electrons. The number of hydrogen-bond donors (Lipinski definition) is 0. The molecule has 2 rings (SSSR count). The third-order valence-corrected chi connectivity index (χ3v) is 9.03. The summed E-state index contributed by atoms with van der Waals surface area (Å²) in [5.74, 6) is 0.0154. The molecule has 1 aromatic carbocycles. The zero-order valence-corrected chi connectivity index (χ0v) is 14.6. The van der Waals surface area contributed by atoms with E-state index in [2.05, 4.69) is 40.4 Å². The van der Waals surface area contributed by atoms with Gasteiger partial charge in [0.15, 0.2) is 14.1 Å². The van der Waals surface area contributed by atoms with Gasteiger partial charge in [0, 0.05) is 11.1 Å². The molecule has 0 aliphatic heterocycles. The van der Waals surface area contributed by atoms with Gasteiger partial charge in [0.2, 0.25) is 0 Å². The zero-order chi connectivity index (χ0) is 15.8. The molecule has 3 heteroatoms. The van der Waals surface area contributed by atoms with E-state index in [0.29, 0.717) is 12.2 Å². The lowest BCUT2D eigenvalue weighted by molar-refractivity contribution is 0.103. The van der Waals surface area contributed by atoms with Crippen LogP contribution < -0.4 is 0 Å². The first-order valence-corrected chi connectivity index (χ1v) is 10.2. The molecular formula is C18H24O2Si. The van der Waals surface area contributed by atoms with Crippen molar-refractivity contribution in [2.75, 3.05) is 6.61 Å². The highest BCUT2D eigenvalue weighted by Gasteiger charge is 2.37. The van der Waals surface area contributed by atoms with Crippen LogP contribution in [0.1, 0.15) is 36.7 Å². The molecule has 0 aromatic heterocycles. The Hall–Kier alpha value is -1.45. The molecule has 0 atom stereocenters. The predicted octanol–water partition coefficient (Wildman–Crippen LogP) is 4.84. The smallest absolute Gasteiger partial charge is 0.193 e. The van der Waals surface area contributed by atoms with E-state index < -0.39 is 8.32 Å². The van der Waals surface area contributed by atoms with Crippen molar-refractivity contribution in [1.29, 1.82) is 0 Å². The van der Waals surface area contributed by atoms with E-state index in [-0.39, 0.29) is 10.8 Å². The van der Waals surface area contributed by atoms with Gasteiger partial charge in [-0.05, 0) is 35.3 Å². The Morgan fingerprint density at radius 3 is 2.29 bits per heavy atom. The second-order valence-electron chi connectivity index (χ2n) is 7.12. The first-order chi connectivity index (χ1) is 9.63. The summed E-state index contributed by atoms with van der Waals surface area (Å²) in [5.41, 5.74) is 3.31. The molecule has 0 saturated heterocycles. The SMILES string of the molecule is C=C1C=C(CO[Si](C)(C)C(C)(C)C)c2ccccc2C1=O. The molecule has 0 unspecified atom stereocenters. The van der Waals surface area contributed by atoms with Gasteiger partial charge in [-0.3, -0.25) is 4.79 Å². The van der Waals surface area contributed by atoms with E-state index in [1.165, 1.54) is 0 Å². The summed E-state index contributed by atoms with van der Waals surface area (Å²) >= 11 is 0. The first-order valence-electron chi connectivity index (χ1n) is 7.31. The number of hydrogen-bond acceptors (Lipinski definition) is 2. The maximum atomic E-state index is 12.1. The minimum Gasteiger partial charge on any atom is -0.413 e. The van der Waals surface area contributed by atoms with Crippen LogP contribution in [-0.4, -0.2) is 20.7 Å². The van der Waals surface area contributed by atoms with Gasteiger partial charge in [0.05, 0.1) is 6.61 Å². The van der Waals surface area contributed by atoms with Crippen LogP contribution in [0, 0.1) is 0 Å². The van der Waals surface area contributed by atoms with Crippen LogP contribution in [0.3, 0.4) is 0 Å². The molecule has 0 spiro atoms. The molecule has 0 N–H and O–H groups in total. The van der Waals surface area contributed by atoms with E-state index in [9.17, 15) is 4.79 Å². The minimum atomic E-state index is -1.80. The number of carbonyl (C=O) groups is 1. The summed E-state index contributed by atoms with van der Waals surface area (Å²) in [7, 11) is -1.80. The lowest BCUT2D eigenvalue weighted by Gasteiger charge is -2.36. The van der Waals surface area contributed by atoms with Gasteiger partial charge in [-0.15, -0.1) is 0 Å². The van der Waals surface area contributed by atoms with Crippen molar-refractivity contribution >= 4 is 19.7 Å². The fraction of sp³-hybridized carbons (Fsp3) is 0.389. The average molecular weight is 300 g/mol. The highest BCUT2D eigenvalue weighted by molar-refractivity contribution is 6.74. The van der Waals surface area contributed by atoms with E-state index in [0.717, 1.165) is 16.7 Å². The van der Waals surface area contributed by atoms with Crippen LogP contribution in [-0.2, 0) is 4.43 Å².